The lowest BCUT2D eigenvalue weighted by Crippen LogP contribution is -2.13. The molecule has 0 fully saturated rings. The van der Waals surface area contributed by atoms with Crippen molar-refractivity contribution < 1.29 is 14.3 Å². The average Bonchev–Trinajstić information content (AvgIpc) is 2.80. The zero-order valence-corrected chi connectivity index (χ0v) is 13.6. The molecule has 5 nitrogen and oxygen atoms in total. The predicted octanol–water partition coefficient (Wildman–Crippen LogP) is 3.51. The Morgan fingerprint density at radius 2 is 2.00 bits per heavy atom. The molecular formula is C16H16N2O3S. The molecule has 0 spiro atoms. The van der Waals surface area contributed by atoms with Crippen LogP contribution in [0.1, 0.15) is 26.4 Å². The van der Waals surface area contributed by atoms with Gasteiger partial charge in [-0.15, -0.1) is 11.3 Å². The van der Waals surface area contributed by atoms with Crippen molar-refractivity contribution in [1.82, 2.24) is 0 Å². The van der Waals surface area contributed by atoms with Gasteiger partial charge in [0.1, 0.15) is 22.6 Å². The molecule has 1 aromatic carbocycles. The highest BCUT2D eigenvalue weighted by molar-refractivity contribution is 7.16. The average molecular weight is 316 g/mol. The highest BCUT2D eigenvalue weighted by atomic mass is 32.1. The number of carbonyl (C=O) groups is 1. The van der Waals surface area contributed by atoms with Crippen molar-refractivity contribution >= 4 is 22.2 Å². The normalized spacial score (nSPS) is 9.95. The van der Waals surface area contributed by atoms with Crippen molar-refractivity contribution in [3.63, 3.8) is 0 Å². The van der Waals surface area contributed by atoms with Gasteiger partial charge in [0.05, 0.1) is 25.3 Å². The summed E-state index contributed by atoms with van der Waals surface area (Å²) in [5.74, 6) is 0.667. The van der Waals surface area contributed by atoms with Crippen LogP contribution in [0, 0.1) is 25.2 Å². The molecule has 1 amide bonds. The molecular weight excluding hydrogens is 300 g/mol. The van der Waals surface area contributed by atoms with E-state index in [2.05, 4.69) is 11.4 Å². The molecule has 2 rings (SSSR count). The first-order valence-corrected chi connectivity index (χ1v) is 7.37. The van der Waals surface area contributed by atoms with E-state index >= 15 is 0 Å². The summed E-state index contributed by atoms with van der Waals surface area (Å²) in [5.41, 5.74) is 1.74. The maximum Gasteiger partial charge on any atom is 0.260 e. The second kappa shape index (κ2) is 6.50. The summed E-state index contributed by atoms with van der Waals surface area (Å²) in [4.78, 5) is 13.5. The van der Waals surface area contributed by atoms with Crippen molar-refractivity contribution in [1.29, 1.82) is 5.26 Å². The third kappa shape index (κ3) is 2.90. The Morgan fingerprint density at radius 1 is 1.27 bits per heavy atom. The molecule has 0 bridgehead atoms. The minimum Gasteiger partial charge on any atom is -0.497 e. The Morgan fingerprint density at radius 3 is 2.59 bits per heavy atom. The highest BCUT2D eigenvalue weighted by Gasteiger charge is 2.18. The second-order valence-electron chi connectivity index (χ2n) is 4.62. The number of nitriles is 1. The van der Waals surface area contributed by atoms with Crippen molar-refractivity contribution in [3.05, 3.63) is 39.8 Å². The molecule has 0 aliphatic heterocycles. The predicted molar refractivity (Wildman–Crippen MR) is 86.0 cm³/mol. The van der Waals surface area contributed by atoms with E-state index in [4.69, 9.17) is 9.47 Å². The molecule has 2 aromatic rings. The van der Waals surface area contributed by atoms with Gasteiger partial charge >= 0.3 is 0 Å². The Balaban J connectivity index is 2.38. The van der Waals surface area contributed by atoms with E-state index in [1.54, 1.807) is 18.2 Å². The van der Waals surface area contributed by atoms with Crippen molar-refractivity contribution in [2.45, 2.75) is 13.8 Å². The number of thiophene rings is 1. The molecule has 0 aliphatic carbocycles. The van der Waals surface area contributed by atoms with E-state index in [1.807, 2.05) is 13.8 Å². The number of benzene rings is 1. The third-order valence-electron chi connectivity index (χ3n) is 3.38. The first-order valence-electron chi connectivity index (χ1n) is 6.55. The van der Waals surface area contributed by atoms with Crippen LogP contribution in [0.3, 0.4) is 0 Å². The summed E-state index contributed by atoms with van der Waals surface area (Å²) in [6.45, 7) is 3.79. The lowest BCUT2D eigenvalue weighted by molar-refractivity contribution is 0.102. The first-order chi connectivity index (χ1) is 10.5. The number of anilines is 1. The van der Waals surface area contributed by atoms with Gasteiger partial charge in [0, 0.05) is 4.88 Å². The number of carbonyl (C=O) groups excluding carboxylic acids is 1. The summed E-state index contributed by atoms with van der Waals surface area (Å²) in [6.07, 6.45) is 0. The Labute approximate surface area is 133 Å². The number of aryl methyl sites for hydroxylation is 1. The molecule has 0 unspecified atom stereocenters. The van der Waals surface area contributed by atoms with Gasteiger partial charge in [-0.2, -0.15) is 5.26 Å². The van der Waals surface area contributed by atoms with Gasteiger partial charge < -0.3 is 14.8 Å². The smallest absolute Gasteiger partial charge is 0.260 e. The molecule has 1 heterocycles. The number of rotatable bonds is 4. The minimum atomic E-state index is -0.339. The van der Waals surface area contributed by atoms with Crippen LogP contribution in [-0.4, -0.2) is 20.1 Å². The van der Waals surface area contributed by atoms with Crippen LogP contribution in [-0.2, 0) is 0 Å². The molecule has 6 heteroatoms. The Kier molecular flexibility index (Phi) is 4.68. The van der Waals surface area contributed by atoms with E-state index in [0.717, 1.165) is 10.4 Å². The van der Waals surface area contributed by atoms with Gasteiger partial charge in [-0.3, -0.25) is 4.79 Å². The lowest BCUT2D eigenvalue weighted by atomic mass is 10.1. The number of methoxy groups -OCH3 is 2. The van der Waals surface area contributed by atoms with Crippen LogP contribution in [0.5, 0.6) is 11.5 Å². The summed E-state index contributed by atoms with van der Waals surface area (Å²) in [5, 5.41) is 12.6. The van der Waals surface area contributed by atoms with E-state index in [-0.39, 0.29) is 5.91 Å². The van der Waals surface area contributed by atoms with E-state index in [1.165, 1.54) is 25.6 Å². The van der Waals surface area contributed by atoms with E-state index < -0.39 is 0 Å². The molecule has 0 atom stereocenters. The molecule has 1 N–H and O–H groups in total. The molecule has 114 valence electrons. The number of hydrogen-bond donors (Lipinski definition) is 1. The standard InChI is InChI=1S/C16H16N2O3S/c1-9-10(2)22-16(13(9)8-17)18-15(19)12-7-11(20-3)5-6-14(12)21-4/h5-7H,1-4H3,(H,18,19). The maximum atomic E-state index is 12.5. The van der Waals surface area contributed by atoms with Crippen molar-refractivity contribution in [2.24, 2.45) is 0 Å². The molecule has 22 heavy (non-hydrogen) atoms. The monoisotopic (exact) mass is 316 g/mol. The van der Waals surface area contributed by atoms with Crippen LogP contribution in [0.15, 0.2) is 18.2 Å². The molecule has 0 saturated carbocycles. The molecule has 0 saturated heterocycles. The largest absolute Gasteiger partial charge is 0.497 e. The van der Waals surface area contributed by atoms with E-state index in [0.29, 0.717) is 27.6 Å². The fourth-order valence-electron chi connectivity index (χ4n) is 2.01. The van der Waals surface area contributed by atoms with Gasteiger partial charge in [0.15, 0.2) is 0 Å². The Hall–Kier alpha value is -2.52. The molecule has 0 radical (unpaired) electrons. The van der Waals surface area contributed by atoms with Crippen LogP contribution < -0.4 is 14.8 Å². The van der Waals surface area contributed by atoms with Crippen LogP contribution in [0.4, 0.5) is 5.00 Å². The summed E-state index contributed by atoms with van der Waals surface area (Å²) < 4.78 is 10.3. The number of nitrogens with zero attached hydrogens (tertiary/aromatic N) is 1. The highest BCUT2D eigenvalue weighted by Crippen LogP contribution is 2.33. The van der Waals surface area contributed by atoms with E-state index in [9.17, 15) is 10.1 Å². The summed E-state index contributed by atoms with van der Waals surface area (Å²) >= 11 is 1.39. The molecule has 0 aliphatic rings. The van der Waals surface area contributed by atoms with Gasteiger partial charge in [0.2, 0.25) is 0 Å². The maximum absolute atomic E-state index is 12.5. The van der Waals surface area contributed by atoms with Gasteiger partial charge in [0.25, 0.3) is 5.91 Å². The molecule has 1 aromatic heterocycles. The first kappa shape index (κ1) is 15.9. The summed E-state index contributed by atoms with van der Waals surface area (Å²) in [6, 6.07) is 7.13. The SMILES string of the molecule is COc1ccc(OC)c(C(=O)Nc2sc(C)c(C)c2C#N)c1. The Bertz CT molecular complexity index is 759. The zero-order chi connectivity index (χ0) is 16.3. The fraction of sp³-hybridized carbons (Fsp3) is 0.250. The zero-order valence-electron chi connectivity index (χ0n) is 12.8. The van der Waals surface area contributed by atoms with Gasteiger partial charge in [-0.1, -0.05) is 0 Å². The van der Waals surface area contributed by atoms with Crippen LogP contribution in [0.2, 0.25) is 0 Å². The second-order valence-corrected chi connectivity index (χ2v) is 5.84. The quantitative estimate of drug-likeness (QED) is 0.937. The van der Waals surface area contributed by atoms with Gasteiger partial charge in [-0.25, -0.2) is 0 Å². The van der Waals surface area contributed by atoms with Crippen LogP contribution >= 0.6 is 11.3 Å². The summed E-state index contributed by atoms with van der Waals surface area (Å²) in [7, 11) is 3.03. The third-order valence-corrected chi connectivity index (χ3v) is 4.50. The number of ether oxygens (including phenoxy) is 2. The van der Waals surface area contributed by atoms with Crippen molar-refractivity contribution in [3.8, 4) is 17.6 Å². The van der Waals surface area contributed by atoms with Gasteiger partial charge in [-0.05, 0) is 37.6 Å². The lowest BCUT2D eigenvalue weighted by Gasteiger charge is -2.10. The van der Waals surface area contributed by atoms with Crippen molar-refractivity contribution in [2.75, 3.05) is 19.5 Å². The topological polar surface area (TPSA) is 71.3 Å². The number of nitrogens with one attached hydrogen (secondary N) is 1. The number of hydrogen-bond acceptors (Lipinski definition) is 5. The fourth-order valence-corrected chi connectivity index (χ4v) is 3.02. The minimum absolute atomic E-state index is 0.339. The number of amides is 1. The van der Waals surface area contributed by atoms with Crippen LogP contribution in [0.25, 0.3) is 0 Å².